The highest BCUT2D eigenvalue weighted by Gasteiger charge is 2.36. The van der Waals surface area contributed by atoms with Crippen LogP contribution in [0, 0.1) is 0 Å². The summed E-state index contributed by atoms with van der Waals surface area (Å²) in [5.41, 5.74) is 0.993. The molecule has 0 aliphatic carbocycles. The van der Waals surface area contributed by atoms with Crippen molar-refractivity contribution >= 4 is 30.4 Å². The number of likely N-dealkylation sites (tertiary alicyclic amines) is 1. The number of carbonyl (C=O) groups is 3. The zero-order chi connectivity index (χ0) is 20.5. The van der Waals surface area contributed by atoms with E-state index in [2.05, 4.69) is 23.3 Å². The Morgan fingerprint density at radius 3 is 2.57 bits per heavy atom. The van der Waals surface area contributed by atoms with Crippen LogP contribution in [0.15, 0.2) is 30.3 Å². The Hall–Kier alpha value is -2.02. The van der Waals surface area contributed by atoms with E-state index >= 15 is 0 Å². The summed E-state index contributed by atoms with van der Waals surface area (Å²) < 4.78 is 0. The molecule has 0 spiro atoms. The van der Waals surface area contributed by atoms with Gasteiger partial charge in [0.15, 0.2) is 0 Å². The van der Waals surface area contributed by atoms with Gasteiger partial charge in [0.1, 0.15) is 12.1 Å². The molecule has 1 heterocycles. The van der Waals surface area contributed by atoms with Gasteiger partial charge >= 0.3 is 0 Å². The number of hydrogen-bond donors (Lipinski definition) is 3. The summed E-state index contributed by atoms with van der Waals surface area (Å²) in [4.78, 5) is 39.8. The van der Waals surface area contributed by atoms with Crippen molar-refractivity contribution in [1.29, 1.82) is 0 Å². The van der Waals surface area contributed by atoms with Crippen LogP contribution < -0.4 is 10.6 Å². The molecule has 3 amide bonds. The largest absolute Gasteiger partial charge is 0.357 e. The minimum atomic E-state index is -0.607. The first-order chi connectivity index (χ1) is 13.5. The lowest BCUT2D eigenvalue weighted by atomic mass is 10.0. The molecule has 3 atom stereocenters. The van der Waals surface area contributed by atoms with Gasteiger partial charge in [-0.05, 0) is 31.2 Å². The van der Waals surface area contributed by atoms with E-state index in [4.69, 9.17) is 0 Å². The highest BCUT2D eigenvalue weighted by molar-refractivity contribution is 7.81. The maximum absolute atomic E-state index is 13.2. The summed E-state index contributed by atoms with van der Waals surface area (Å²) in [6.45, 7) is 2.50. The van der Waals surface area contributed by atoms with Crippen LogP contribution in [-0.4, -0.2) is 53.5 Å². The van der Waals surface area contributed by atoms with Gasteiger partial charge in [0.25, 0.3) is 0 Å². The quantitative estimate of drug-likeness (QED) is 0.579. The van der Waals surface area contributed by atoms with Crippen molar-refractivity contribution in [2.24, 2.45) is 0 Å². The standard InChI is InChI=1S/C21H31N3O3S/c1-3-9-18(28)20(26)23-16-12-7-8-13-24(21(16)27)17(19(25)22-2)14-15-10-5-4-6-11-15/h4-6,10-11,16-18,28H,3,7-9,12-14H2,1-2H3,(H,22,25)(H,23,26)/t16-,17-,18?/m0/s1. The summed E-state index contributed by atoms with van der Waals surface area (Å²) in [7, 11) is 1.58. The molecule has 1 fully saturated rings. The number of amides is 3. The second-order valence-electron chi connectivity index (χ2n) is 7.21. The van der Waals surface area contributed by atoms with Gasteiger partial charge in [0.05, 0.1) is 5.25 Å². The number of benzene rings is 1. The van der Waals surface area contributed by atoms with E-state index in [-0.39, 0.29) is 17.7 Å². The zero-order valence-corrected chi connectivity index (χ0v) is 17.6. The third-order valence-electron chi connectivity index (χ3n) is 5.10. The molecule has 6 nitrogen and oxygen atoms in total. The monoisotopic (exact) mass is 405 g/mol. The van der Waals surface area contributed by atoms with E-state index in [0.717, 1.165) is 24.8 Å². The molecule has 1 aliphatic heterocycles. The minimum absolute atomic E-state index is 0.188. The molecule has 1 unspecified atom stereocenters. The number of thiol groups is 1. The molecule has 154 valence electrons. The third kappa shape index (κ3) is 5.99. The van der Waals surface area contributed by atoms with Crippen molar-refractivity contribution in [2.75, 3.05) is 13.6 Å². The van der Waals surface area contributed by atoms with Gasteiger partial charge in [-0.15, -0.1) is 0 Å². The van der Waals surface area contributed by atoms with E-state index in [0.29, 0.717) is 25.8 Å². The molecule has 0 saturated carbocycles. The highest BCUT2D eigenvalue weighted by Crippen LogP contribution is 2.19. The summed E-state index contributed by atoms with van der Waals surface area (Å²) >= 11 is 4.34. The first kappa shape index (κ1) is 22.3. The predicted octanol–water partition coefficient (Wildman–Crippen LogP) is 1.94. The lowest BCUT2D eigenvalue weighted by Crippen LogP contribution is -2.56. The van der Waals surface area contributed by atoms with E-state index in [1.165, 1.54) is 0 Å². The Kier molecular flexibility index (Phi) is 8.83. The molecule has 0 bridgehead atoms. The molecule has 0 aromatic heterocycles. The van der Waals surface area contributed by atoms with Crippen molar-refractivity contribution in [2.45, 2.75) is 62.8 Å². The van der Waals surface area contributed by atoms with Crippen LogP contribution in [0.2, 0.25) is 0 Å². The number of carbonyl (C=O) groups excluding carboxylic acids is 3. The van der Waals surface area contributed by atoms with Crippen LogP contribution in [0.25, 0.3) is 0 Å². The van der Waals surface area contributed by atoms with Gasteiger partial charge in [-0.25, -0.2) is 0 Å². The van der Waals surface area contributed by atoms with Gasteiger partial charge in [-0.2, -0.15) is 12.6 Å². The predicted molar refractivity (Wildman–Crippen MR) is 113 cm³/mol. The second-order valence-corrected chi connectivity index (χ2v) is 7.84. The Labute approximate surface area is 172 Å². The average Bonchev–Trinajstić information content (AvgIpc) is 2.88. The van der Waals surface area contributed by atoms with E-state index in [9.17, 15) is 14.4 Å². The van der Waals surface area contributed by atoms with Gasteiger partial charge in [-0.1, -0.05) is 43.7 Å². The van der Waals surface area contributed by atoms with Crippen LogP contribution in [-0.2, 0) is 20.8 Å². The fourth-order valence-electron chi connectivity index (χ4n) is 3.53. The maximum atomic E-state index is 13.2. The fourth-order valence-corrected chi connectivity index (χ4v) is 3.86. The highest BCUT2D eigenvalue weighted by atomic mass is 32.1. The van der Waals surface area contributed by atoms with Gasteiger partial charge < -0.3 is 15.5 Å². The summed E-state index contributed by atoms with van der Waals surface area (Å²) in [5.74, 6) is -0.598. The van der Waals surface area contributed by atoms with Crippen LogP contribution in [0.5, 0.6) is 0 Å². The van der Waals surface area contributed by atoms with Crippen LogP contribution >= 0.6 is 12.6 Å². The first-order valence-corrected chi connectivity index (χ1v) is 10.5. The molecule has 0 radical (unpaired) electrons. The molecular weight excluding hydrogens is 374 g/mol. The number of likely N-dealkylation sites (N-methyl/N-ethyl adjacent to an activating group) is 1. The molecule has 2 N–H and O–H groups in total. The number of nitrogens with zero attached hydrogens (tertiary/aromatic N) is 1. The molecule has 1 saturated heterocycles. The van der Waals surface area contributed by atoms with E-state index < -0.39 is 17.3 Å². The fraction of sp³-hybridized carbons (Fsp3) is 0.571. The number of hydrogen-bond acceptors (Lipinski definition) is 4. The lowest BCUT2D eigenvalue weighted by molar-refractivity contribution is -0.142. The third-order valence-corrected chi connectivity index (χ3v) is 5.59. The average molecular weight is 406 g/mol. The van der Waals surface area contributed by atoms with Crippen molar-refractivity contribution in [1.82, 2.24) is 15.5 Å². The molecule has 7 heteroatoms. The van der Waals surface area contributed by atoms with Crippen molar-refractivity contribution < 1.29 is 14.4 Å². The topological polar surface area (TPSA) is 78.5 Å². The molecule has 2 rings (SSSR count). The number of nitrogens with one attached hydrogen (secondary N) is 2. The van der Waals surface area contributed by atoms with Gasteiger partial charge in [0, 0.05) is 20.0 Å². The SMILES string of the molecule is CCCC(S)C(=O)N[C@H]1CCCCN([C@@H](Cc2ccccc2)C(=O)NC)C1=O. The summed E-state index contributed by atoms with van der Waals surface area (Å²) in [6, 6.07) is 8.46. The molecule has 28 heavy (non-hydrogen) atoms. The zero-order valence-electron chi connectivity index (χ0n) is 16.7. The Morgan fingerprint density at radius 2 is 1.93 bits per heavy atom. The maximum Gasteiger partial charge on any atom is 0.245 e. The Morgan fingerprint density at radius 1 is 1.21 bits per heavy atom. The van der Waals surface area contributed by atoms with Crippen molar-refractivity contribution in [3.8, 4) is 0 Å². The minimum Gasteiger partial charge on any atom is -0.357 e. The van der Waals surface area contributed by atoms with Gasteiger partial charge in [0.2, 0.25) is 17.7 Å². The molecule has 1 aromatic carbocycles. The molecule has 1 aromatic rings. The van der Waals surface area contributed by atoms with Crippen molar-refractivity contribution in [3.63, 3.8) is 0 Å². The molecule has 1 aliphatic rings. The van der Waals surface area contributed by atoms with E-state index in [1.54, 1.807) is 11.9 Å². The normalized spacial score (nSPS) is 19.5. The first-order valence-electron chi connectivity index (χ1n) is 10.0. The van der Waals surface area contributed by atoms with Crippen molar-refractivity contribution in [3.05, 3.63) is 35.9 Å². The summed E-state index contributed by atoms with van der Waals surface area (Å²) in [5, 5.41) is 5.12. The smallest absolute Gasteiger partial charge is 0.245 e. The van der Waals surface area contributed by atoms with Crippen LogP contribution in [0.1, 0.15) is 44.6 Å². The van der Waals surface area contributed by atoms with E-state index in [1.807, 2.05) is 37.3 Å². The second kappa shape index (κ2) is 11.1. The van der Waals surface area contributed by atoms with Gasteiger partial charge in [-0.3, -0.25) is 14.4 Å². The van der Waals surface area contributed by atoms with Crippen LogP contribution in [0.3, 0.4) is 0 Å². The number of rotatable bonds is 8. The lowest BCUT2D eigenvalue weighted by Gasteiger charge is -2.32. The Bertz CT molecular complexity index is 668. The Balaban J connectivity index is 2.18. The molecular formula is C21H31N3O3S. The van der Waals surface area contributed by atoms with Crippen LogP contribution in [0.4, 0.5) is 0 Å². The summed E-state index contributed by atoms with van der Waals surface area (Å²) in [6.07, 6.45) is 4.16.